The second-order valence-corrected chi connectivity index (χ2v) is 7.89. The van der Waals surface area contributed by atoms with Gasteiger partial charge in [0.1, 0.15) is 5.60 Å². The number of halogens is 3. The minimum Gasteiger partial charge on any atom is -0.380 e. The summed E-state index contributed by atoms with van der Waals surface area (Å²) in [4.78, 5) is 0.922. The van der Waals surface area contributed by atoms with E-state index in [2.05, 4.69) is 0 Å². The van der Waals surface area contributed by atoms with Crippen molar-refractivity contribution < 1.29 is 5.11 Å². The average molecular weight is 410 g/mol. The third-order valence-electron chi connectivity index (χ3n) is 3.92. The first-order valence-corrected chi connectivity index (χ1v) is 9.73. The summed E-state index contributed by atoms with van der Waals surface area (Å²) in [6.45, 7) is 0. The van der Waals surface area contributed by atoms with Crippen LogP contribution in [-0.2, 0) is 5.60 Å². The van der Waals surface area contributed by atoms with E-state index in [1.54, 1.807) is 24.3 Å². The Balaban J connectivity index is 1.98. The number of thioether (sulfide) groups is 1. The summed E-state index contributed by atoms with van der Waals surface area (Å²) >= 11 is 19.8. The Labute approximate surface area is 166 Å². The van der Waals surface area contributed by atoms with Gasteiger partial charge in [-0.25, -0.2) is 0 Å². The maximum absolute atomic E-state index is 11.5. The van der Waals surface area contributed by atoms with E-state index in [1.165, 1.54) is 11.8 Å². The van der Waals surface area contributed by atoms with E-state index in [9.17, 15) is 5.11 Å². The first-order chi connectivity index (χ1) is 12.0. The molecule has 0 aliphatic rings. The predicted octanol–water partition coefficient (Wildman–Crippen LogP) is 6.68. The molecule has 0 saturated carbocycles. The summed E-state index contributed by atoms with van der Waals surface area (Å²) in [6, 6.07) is 22.0. The maximum atomic E-state index is 11.5. The molecule has 0 unspecified atom stereocenters. The van der Waals surface area contributed by atoms with Gasteiger partial charge in [0, 0.05) is 20.7 Å². The van der Waals surface area contributed by atoms with Crippen LogP contribution in [0.15, 0.2) is 77.7 Å². The molecule has 0 aliphatic carbocycles. The van der Waals surface area contributed by atoms with Crippen LogP contribution in [0.3, 0.4) is 0 Å². The molecule has 0 heterocycles. The van der Waals surface area contributed by atoms with Gasteiger partial charge in [-0.1, -0.05) is 71.2 Å². The highest BCUT2D eigenvalue weighted by molar-refractivity contribution is 7.99. The molecule has 1 nitrogen and oxygen atoms in total. The van der Waals surface area contributed by atoms with Crippen molar-refractivity contribution in [1.29, 1.82) is 0 Å². The van der Waals surface area contributed by atoms with E-state index in [-0.39, 0.29) is 0 Å². The number of rotatable bonds is 5. The van der Waals surface area contributed by atoms with Crippen molar-refractivity contribution in [2.75, 3.05) is 5.75 Å². The topological polar surface area (TPSA) is 20.2 Å². The fourth-order valence-electron chi connectivity index (χ4n) is 2.53. The highest BCUT2D eigenvalue weighted by Crippen LogP contribution is 2.38. The minimum absolute atomic E-state index is 0.403. The molecule has 1 N–H and O–H groups in total. The first kappa shape index (κ1) is 18.6. The number of benzene rings is 3. The third-order valence-corrected chi connectivity index (χ3v) is 6.09. The summed E-state index contributed by atoms with van der Waals surface area (Å²) < 4.78 is 0. The van der Waals surface area contributed by atoms with Crippen LogP contribution in [0.5, 0.6) is 0 Å². The Kier molecular flexibility index (Phi) is 5.98. The molecule has 0 amide bonds. The number of aliphatic hydroxyl groups is 1. The standard InChI is InChI=1S/C20H15Cl3OS/c21-16-9-5-14(6-10-16)20(24,15-7-11-17(22)12-8-15)13-25-19-4-2-1-3-18(19)23/h1-12,24H,13H2. The van der Waals surface area contributed by atoms with Crippen LogP contribution in [0.2, 0.25) is 15.1 Å². The van der Waals surface area contributed by atoms with Gasteiger partial charge in [-0.2, -0.15) is 0 Å². The van der Waals surface area contributed by atoms with Gasteiger partial charge < -0.3 is 5.11 Å². The Hall–Kier alpha value is -1.16. The molecular formula is C20H15Cl3OS. The summed E-state index contributed by atoms with van der Waals surface area (Å²) in [5, 5.41) is 13.5. The molecular weight excluding hydrogens is 395 g/mol. The van der Waals surface area contributed by atoms with E-state index in [0.717, 1.165) is 16.0 Å². The number of hydrogen-bond acceptors (Lipinski definition) is 2. The maximum Gasteiger partial charge on any atom is 0.124 e. The highest BCUT2D eigenvalue weighted by atomic mass is 35.5. The largest absolute Gasteiger partial charge is 0.380 e. The van der Waals surface area contributed by atoms with E-state index < -0.39 is 5.60 Å². The van der Waals surface area contributed by atoms with Crippen LogP contribution in [0.1, 0.15) is 11.1 Å². The highest BCUT2D eigenvalue weighted by Gasteiger charge is 2.32. The lowest BCUT2D eigenvalue weighted by Gasteiger charge is -2.29. The fourth-order valence-corrected chi connectivity index (χ4v) is 4.16. The van der Waals surface area contributed by atoms with Crippen molar-refractivity contribution in [2.45, 2.75) is 10.5 Å². The van der Waals surface area contributed by atoms with Crippen molar-refractivity contribution >= 4 is 46.6 Å². The Bertz CT molecular complexity index is 802. The summed E-state index contributed by atoms with van der Waals surface area (Å²) in [5.74, 6) is 0.403. The van der Waals surface area contributed by atoms with Crippen molar-refractivity contribution in [2.24, 2.45) is 0 Å². The SMILES string of the molecule is OC(CSc1ccccc1Cl)(c1ccc(Cl)cc1)c1ccc(Cl)cc1. The van der Waals surface area contributed by atoms with Gasteiger partial charge in [0.05, 0.1) is 5.02 Å². The van der Waals surface area contributed by atoms with Crippen LogP contribution in [-0.4, -0.2) is 10.9 Å². The zero-order valence-corrected chi connectivity index (χ0v) is 16.2. The fraction of sp³-hybridized carbons (Fsp3) is 0.100. The summed E-state index contributed by atoms with van der Waals surface area (Å²) in [5.41, 5.74) is 0.330. The zero-order valence-electron chi connectivity index (χ0n) is 13.1. The molecule has 0 aliphatic heterocycles. The second-order valence-electron chi connectivity index (χ2n) is 5.59. The van der Waals surface area contributed by atoms with E-state index in [4.69, 9.17) is 34.8 Å². The summed E-state index contributed by atoms with van der Waals surface area (Å²) in [7, 11) is 0. The van der Waals surface area contributed by atoms with Crippen LogP contribution < -0.4 is 0 Å². The quantitative estimate of drug-likeness (QED) is 0.474. The van der Waals surface area contributed by atoms with Crippen LogP contribution in [0, 0.1) is 0 Å². The molecule has 0 fully saturated rings. The molecule has 25 heavy (non-hydrogen) atoms. The molecule has 3 aromatic carbocycles. The van der Waals surface area contributed by atoms with Gasteiger partial charge in [0.2, 0.25) is 0 Å². The molecule has 3 rings (SSSR count). The molecule has 0 bridgehead atoms. The Morgan fingerprint density at radius 2 is 1.20 bits per heavy atom. The zero-order chi connectivity index (χ0) is 17.9. The molecule has 0 radical (unpaired) electrons. The summed E-state index contributed by atoms with van der Waals surface area (Å²) in [6.07, 6.45) is 0. The molecule has 3 aromatic rings. The van der Waals surface area contributed by atoms with Crippen LogP contribution in [0.25, 0.3) is 0 Å². The third kappa shape index (κ3) is 4.33. The van der Waals surface area contributed by atoms with Crippen molar-refractivity contribution in [1.82, 2.24) is 0 Å². The molecule has 0 atom stereocenters. The average Bonchev–Trinajstić information content (AvgIpc) is 2.62. The van der Waals surface area contributed by atoms with Crippen molar-refractivity contribution in [3.8, 4) is 0 Å². The van der Waals surface area contributed by atoms with Crippen molar-refractivity contribution in [3.05, 3.63) is 99.0 Å². The Morgan fingerprint density at radius 1 is 0.720 bits per heavy atom. The smallest absolute Gasteiger partial charge is 0.124 e. The molecule has 0 aromatic heterocycles. The Morgan fingerprint density at radius 3 is 1.68 bits per heavy atom. The second kappa shape index (κ2) is 8.03. The van der Waals surface area contributed by atoms with E-state index >= 15 is 0 Å². The van der Waals surface area contributed by atoms with E-state index in [0.29, 0.717) is 20.8 Å². The molecule has 0 saturated heterocycles. The lowest BCUT2D eigenvalue weighted by molar-refractivity contribution is 0.107. The number of hydrogen-bond donors (Lipinski definition) is 1. The van der Waals surface area contributed by atoms with Gasteiger partial charge in [0.15, 0.2) is 0 Å². The van der Waals surface area contributed by atoms with Crippen molar-refractivity contribution in [3.63, 3.8) is 0 Å². The van der Waals surface area contributed by atoms with Gasteiger partial charge >= 0.3 is 0 Å². The molecule has 128 valence electrons. The first-order valence-electron chi connectivity index (χ1n) is 7.61. The van der Waals surface area contributed by atoms with E-state index in [1.807, 2.05) is 48.5 Å². The molecule has 5 heteroatoms. The van der Waals surface area contributed by atoms with Crippen LogP contribution in [0.4, 0.5) is 0 Å². The predicted molar refractivity (Wildman–Crippen MR) is 108 cm³/mol. The minimum atomic E-state index is -1.20. The van der Waals surface area contributed by atoms with Crippen LogP contribution >= 0.6 is 46.6 Å². The lowest BCUT2D eigenvalue weighted by Crippen LogP contribution is -2.30. The molecule has 0 spiro atoms. The monoisotopic (exact) mass is 408 g/mol. The normalized spacial score (nSPS) is 11.5. The van der Waals surface area contributed by atoms with Gasteiger partial charge in [-0.05, 0) is 47.5 Å². The lowest BCUT2D eigenvalue weighted by atomic mass is 9.88. The van der Waals surface area contributed by atoms with Gasteiger partial charge in [-0.3, -0.25) is 0 Å². The van der Waals surface area contributed by atoms with Gasteiger partial charge in [0.25, 0.3) is 0 Å². The van der Waals surface area contributed by atoms with Gasteiger partial charge in [-0.15, -0.1) is 11.8 Å².